The van der Waals surface area contributed by atoms with Crippen molar-refractivity contribution in [3.05, 3.63) is 59.4 Å². The van der Waals surface area contributed by atoms with Crippen LogP contribution in [0.2, 0.25) is 0 Å². The number of rotatable bonds is 4. The highest BCUT2D eigenvalue weighted by molar-refractivity contribution is 6.20. The number of halogens is 1. The van der Waals surface area contributed by atoms with Gasteiger partial charge in [-0.15, -0.1) is 0 Å². The van der Waals surface area contributed by atoms with Crippen LogP contribution in [-0.4, -0.2) is 17.7 Å². The third-order valence-corrected chi connectivity index (χ3v) is 5.70. The topological polar surface area (TPSA) is 66.5 Å². The lowest BCUT2D eigenvalue weighted by Gasteiger charge is -2.36. The van der Waals surface area contributed by atoms with E-state index in [1.807, 2.05) is 6.92 Å². The van der Waals surface area contributed by atoms with E-state index in [4.69, 9.17) is 0 Å². The lowest BCUT2D eigenvalue weighted by molar-refractivity contribution is -0.123. The third-order valence-electron chi connectivity index (χ3n) is 5.70. The van der Waals surface area contributed by atoms with Crippen molar-refractivity contribution in [2.75, 3.05) is 10.2 Å². The van der Waals surface area contributed by atoms with Crippen molar-refractivity contribution in [3.63, 3.8) is 0 Å². The van der Waals surface area contributed by atoms with E-state index in [1.165, 1.54) is 17.0 Å². The minimum absolute atomic E-state index is 0.0748. The Kier molecular flexibility index (Phi) is 4.71. The molecule has 3 amide bonds. The SMILES string of the molecule is Cc1ccc(N2C(=O)CCC2=O)cc1NC(=O)C1CCC1c1ccc(F)cc1. The van der Waals surface area contributed by atoms with Crippen LogP contribution in [-0.2, 0) is 14.4 Å². The van der Waals surface area contributed by atoms with Crippen LogP contribution >= 0.6 is 0 Å². The molecule has 1 aliphatic heterocycles. The molecule has 0 aromatic heterocycles. The Hall–Kier alpha value is -3.02. The monoisotopic (exact) mass is 380 g/mol. The number of anilines is 2. The van der Waals surface area contributed by atoms with Gasteiger partial charge in [-0.2, -0.15) is 0 Å². The molecule has 28 heavy (non-hydrogen) atoms. The number of hydrogen-bond donors (Lipinski definition) is 1. The summed E-state index contributed by atoms with van der Waals surface area (Å²) in [5.41, 5.74) is 2.90. The zero-order chi connectivity index (χ0) is 19.8. The highest BCUT2D eigenvalue weighted by Crippen LogP contribution is 2.43. The predicted octanol–water partition coefficient (Wildman–Crippen LogP) is 3.92. The maximum atomic E-state index is 13.1. The largest absolute Gasteiger partial charge is 0.326 e. The van der Waals surface area contributed by atoms with Crippen LogP contribution in [0.25, 0.3) is 0 Å². The summed E-state index contributed by atoms with van der Waals surface area (Å²) < 4.78 is 13.1. The smallest absolute Gasteiger partial charge is 0.234 e. The molecule has 2 unspecified atom stereocenters. The second-order valence-corrected chi connectivity index (χ2v) is 7.45. The van der Waals surface area contributed by atoms with Gasteiger partial charge in [-0.1, -0.05) is 18.2 Å². The zero-order valence-corrected chi connectivity index (χ0v) is 15.6. The van der Waals surface area contributed by atoms with E-state index in [9.17, 15) is 18.8 Å². The quantitative estimate of drug-likeness (QED) is 0.818. The Balaban J connectivity index is 1.51. The number of nitrogens with one attached hydrogen (secondary N) is 1. The van der Waals surface area contributed by atoms with Crippen LogP contribution in [0.5, 0.6) is 0 Å². The summed E-state index contributed by atoms with van der Waals surface area (Å²) in [6.07, 6.45) is 2.10. The Morgan fingerprint density at radius 3 is 2.32 bits per heavy atom. The first-order valence-corrected chi connectivity index (χ1v) is 9.47. The van der Waals surface area contributed by atoms with Crippen molar-refractivity contribution >= 4 is 29.1 Å². The maximum absolute atomic E-state index is 13.1. The van der Waals surface area contributed by atoms with E-state index < -0.39 is 0 Å². The highest BCUT2D eigenvalue weighted by Gasteiger charge is 2.38. The van der Waals surface area contributed by atoms with Gasteiger partial charge < -0.3 is 5.32 Å². The first-order chi connectivity index (χ1) is 13.4. The summed E-state index contributed by atoms with van der Waals surface area (Å²) in [4.78, 5) is 38.0. The fraction of sp³-hybridized carbons (Fsp3) is 0.318. The Labute approximate surface area is 162 Å². The average Bonchev–Trinajstić information content (AvgIpc) is 2.96. The van der Waals surface area contributed by atoms with Crippen LogP contribution in [0, 0.1) is 18.7 Å². The molecule has 0 radical (unpaired) electrons. The molecule has 1 heterocycles. The molecular weight excluding hydrogens is 359 g/mol. The van der Waals surface area contributed by atoms with Crippen LogP contribution in [0.3, 0.4) is 0 Å². The van der Waals surface area contributed by atoms with Crippen LogP contribution in [0.4, 0.5) is 15.8 Å². The molecule has 2 fully saturated rings. The van der Waals surface area contributed by atoms with Gasteiger partial charge in [0.25, 0.3) is 0 Å². The van der Waals surface area contributed by atoms with Gasteiger partial charge in [-0.25, -0.2) is 4.39 Å². The van der Waals surface area contributed by atoms with Gasteiger partial charge >= 0.3 is 0 Å². The number of amides is 3. The molecular formula is C22H21FN2O3. The summed E-state index contributed by atoms with van der Waals surface area (Å²) in [5, 5.41) is 2.95. The number of benzene rings is 2. The number of nitrogens with zero attached hydrogens (tertiary/aromatic N) is 1. The zero-order valence-electron chi connectivity index (χ0n) is 15.6. The van der Waals surface area contributed by atoms with Crippen LogP contribution in [0.1, 0.15) is 42.7 Å². The predicted molar refractivity (Wildman–Crippen MR) is 103 cm³/mol. The molecule has 2 aromatic carbocycles. The van der Waals surface area contributed by atoms with E-state index in [2.05, 4.69) is 5.32 Å². The lowest BCUT2D eigenvalue weighted by Crippen LogP contribution is -2.35. The first-order valence-electron chi connectivity index (χ1n) is 9.47. The van der Waals surface area contributed by atoms with Crippen molar-refractivity contribution < 1.29 is 18.8 Å². The van der Waals surface area contributed by atoms with E-state index in [0.29, 0.717) is 11.4 Å². The Morgan fingerprint density at radius 2 is 1.71 bits per heavy atom. The minimum atomic E-state index is -0.289. The second-order valence-electron chi connectivity index (χ2n) is 7.45. The van der Waals surface area contributed by atoms with E-state index in [0.717, 1.165) is 24.0 Å². The van der Waals surface area contributed by atoms with Crippen molar-refractivity contribution in [2.24, 2.45) is 5.92 Å². The maximum Gasteiger partial charge on any atom is 0.234 e. The fourth-order valence-corrected chi connectivity index (χ4v) is 3.90. The van der Waals surface area contributed by atoms with Gasteiger partial charge in [0.15, 0.2) is 0 Å². The van der Waals surface area contributed by atoms with Gasteiger partial charge in [-0.3, -0.25) is 19.3 Å². The summed E-state index contributed by atoms with van der Waals surface area (Å²) in [6, 6.07) is 11.5. The standard InChI is InChI=1S/C22H21FN2O3/c1-13-2-7-16(25-20(26)10-11-21(25)27)12-19(13)24-22(28)18-9-8-17(18)14-3-5-15(23)6-4-14/h2-7,12,17-18H,8-11H2,1H3,(H,24,28). The van der Waals surface area contributed by atoms with Gasteiger partial charge in [0.1, 0.15) is 5.82 Å². The van der Waals surface area contributed by atoms with Crippen LogP contribution < -0.4 is 10.2 Å². The van der Waals surface area contributed by atoms with Gasteiger partial charge in [0.05, 0.1) is 5.69 Å². The number of aryl methyl sites for hydroxylation is 1. The summed E-state index contributed by atoms with van der Waals surface area (Å²) in [5.74, 6) is -0.931. The van der Waals surface area contributed by atoms with E-state index >= 15 is 0 Å². The number of carbonyl (C=O) groups excluding carboxylic acids is 3. The van der Waals surface area contributed by atoms with Crippen molar-refractivity contribution in [1.29, 1.82) is 0 Å². The Bertz CT molecular complexity index is 939. The molecule has 2 atom stereocenters. The first kappa shape index (κ1) is 18.3. The molecule has 6 heteroatoms. The molecule has 2 aromatic rings. The summed E-state index contributed by atoms with van der Waals surface area (Å²) >= 11 is 0. The number of hydrogen-bond acceptors (Lipinski definition) is 3. The molecule has 0 bridgehead atoms. The Morgan fingerprint density at radius 1 is 1.04 bits per heavy atom. The number of imide groups is 1. The molecule has 4 rings (SSSR count). The van der Waals surface area contributed by atoms with E-state index in [1.54, 1.807) is 30.3 Å². The van der Waals surface area contributed by atoms with E-state index in [-0.39, 0.29) is 48.2 Å². The van der Waals surface area contributed by atoms with Gasteiger partial charge in [-0.05, 0) is 61.1 Å². The number of carbonyl (C=O) groups is 3. The molecule has 5 nitrogen and oxygen atoms in total. The molecule has 2 aliphatic rings. The molecule has 1 saturated heterocycles. The molecule has 144 valence electrons. The molecule has 1 aliphatic carbocycles. The average molecular weight is 380 g/mol. The van der Waals surface area contributed by atoms with Crippen molar-refractivity contribution in [3.8, 4) is 0 Å². The van der Waals surface area contributed by atoms with Gasteiger partial charge in [0, 0.05) is 24.4 Å². The second kappa shape index (κ2) is 7.19. The molecule has 1 N–H and O–H groups in total. The van der Waals surface area contributed by atoms with Crippen molar-refractivity contribution in [2.45, 2.75) is 38.5 Å². The van der Waals surface area contributed by atoms with Crippen LogP contribution in [0.15, 0.2) is 42.5 Å². The summed E-state index contributed by atoms with van der Waals surface area (Å²) in [6.45, 7) is 1.87. The lowest BCUT2D eigenvalue weighted by atomic mass is 9.69. The van der Waals surface area contributed by atoms with Gasteiger partial charge in [0.2, 0.25) is 17.7 Å². The minimum Gasteiger partial charge on any atom is -0.326 e. The molecule has 1 saturated carbocycles. The third kappa shape index (κ3) is 3.30. The van der Waals surface area contributed by atoms with Crippen molar-refractivity contribution in [1.82, 2.24) is 0 Å². The highest BCUT2D eigenvalue weighted by atomic mass is 19.1. The fourth-order valence-electron chi connectivity index (χ4n) is 3.90. The normalized spacial score (nSPS) is 21.6. The molecule has 0 spiro atoms. The summed E-state index contributed by atoms with van der Waals surface area (Å²) in [7, 11) is 0.